The van der Waals surface area contributed by atoms with Crippen LogP contribution in [0.5, 0.6) is 0 Å². The van der Waals surface area contributed by atoms with Crippen LogP contribution < -0.4 is 10.6 Å². The fraction of sp³-hybridized carbons (Fsp3) is 0.923. The maximum Gasteiger partial charge on any atom is 0.257 e. The van der Waals surface area contributed by atoms with E-state index in [0.29, 0.717) is 18.3 Å². The highest BCUT2D eigenvalue weighted by Gasteiger charge is 2.26. The third-order valence-corrected chi connectivity index (χ3v) is 5.10. The molecule has 1 aliphatic rings. The lowest BCUT2D eigenvalue weighted by Crippen LogP contribution is -2.46. The summed E-state index contributed by atoms with van der Waals surface area (Å²) in [5.74, 6) is 1.11. The molecule has 3 atom stereocenters. The van der Waals surface area contributed by atoms with Gasteiger partial charge in [0.1, 0.15) is 6.54 Å². The molecular formula is C13H25F2N3OS. The number of nitrogens with one attached hydrogen (secondary N) is 2. The van der Waals surface area contributed by atoms with Gasteiger partial charge in [-0.2, -0.15) is 0 Å². The molecule has 4 nitrogen and oxygen atoms in total. The van der Waals surface area contributed by atoms with Gasteiger partial charge in [-0.1, -0.05) is 13.3 Å². The van der Waals surface area contributed by atoms with E-state index >= 15 is 0 Å². The van der Waals surface area contributed by atoms with Crippen LogP contribution in [0.3, 0.4) is 0 Å². The Morgan fingerprint density at radius 2 is 2.15 bits per heavy atom. The lowest BCUT2D eigenvalue weighted by atomic mass is 9.95. The second-order valence-corrected chi connectivity index (χ2v) is 6.92. The third kappa shape index (κ3) is 6.15. The maximum atomic E-state index is 12.2. The quantitative estimate of drug-likeness (QED) is 0.582. The molecule has 0 aromatic rings. The first-order chi connectivity index (χ1) is 9.56. The number of nitrogens with zero attached hydrogens (tertiary/aromatic N) is 1. The SMILES string of the molecule is CCNC(=NCC(F)F)NC1CCCC(S(=O)CC)C1. The van der Waals surface area contributed by atoms with Gasteiger partial charge < -0.3 is 10.6 Å². The minimum Gasteiger partial charge on any atom is -0.357 e. The first-order valence-corrected chi connectivity index (χ1v) is 8.65. The molecule has 0 amide bonds. The monoisotopic (exact) mass is 309 g/mol. The number of halogens is 2. The van der Waals surface area contributed by atoms with Crippen LogP contribution in [-0.4, -0.2) is 46.7 Å². The van der Waals surface area contributed by atoms with Crippen LogP contribution in [0, 0.1) is 0 Å². The van der Waals surface area contributed by atoms with Crippen LogP contribution >= 0.6 is 0 Å². The highest BCUT2D eigenvalue weighted by atomic mass is 32.2. The second-order valence-electron chi connectivity index (χ2n) is 4.91. The summed E-state index contributed by atoms with van der Waals surface area (Å²) in [7, 11) is -0.784. The van der Waals surface area contributed by atoms with Gasteiger partial charge in [0.05, 0.1) is 0 Å². The van der Waals surface area contributed by atoms with Crippen molar-refractivity contribution in [2.45, 2.75) is 57.2 Å². The van der Waals surface area contributed by atoms with Crippen LogP contribution in [0.1, 0.15) is 39.5 Å². The Hall–Kier alpha value is -0.720. The molecule has 1 fully saturated rings. The molecule has 0 aliphatic heterocycles. The van der Waals surface area contributed by atoms with Gasteiger partial charge in [0, 0.05) is 34.4 Å². The summed E-state index contributed by atoms with van der Waals surface area (Å²) in [6.45, 7) is 3.97. The van der Waals surface area contributed by atoms with Crippen molar-refractivity contribution in [1.82, 2.24) is 10.6 Å². The molecule has 2 N–H and O–H groups in total. The number of aliphatic imine (C=N–C) groups is 1. The van der Waals surface area contributed by atoms with Crippen molar-refractivity contribution in [1.29, 1.82) is 0 Å². The van der Waals surface area contributed by atoms with Crippen molar-refractivity contribution in [2.75, 3.05) is 18.8 Å². The topological polar surface area (TPSA) is 53.5 Å². The van der Waals surface area contributed by atoms with Gasteiger partial charge in [-0.3, -0.25) is 4.21 Å². The Balaban J connectivity index is 2.54. The maximum absolute atomic E-state index is 12.2. The number of rotatable bonds is 6. The first kappa shape index (κ1) is 17.3. The third-order valence-electron chi connectivity index (χ3n) is 3.35. The van der Waals surface area contributed by atoms with E-state index in [0.717, 1.165) is 25.7 Å². The minimum atomic E-state index is -2.43. The molecular weight excluding hydrogens is 284 g/mol. The summed E-state index contributed by atoms with van der Waals surface area (Å²) in [6.07, 6.45) is 1.36. The molecule has 20 heavy (non-hydrogen) atoms. The molecule has 0 spiro atoms. The average Bonchev–Trinajstić information content (AvgIpc) is 2.44. The summed E-state index contributed by atoms with van der Waals surface area (Å²) < 4.78 is 36.3. The standard InChI is InChI=1S/C13H25F2N3OS/c1-3-16-13(17-9-12(14)15)18-10-6-5-7-11(8-10)20(19)4-2/h10-12H,3-9H2,1-2H3,(H2,16,17,18). The van der Waals surface area contributed by atoms with Crippen molar-refractivity contribution in [3.63, 3.8) is 0 Å². The van der Waals surface area contributed by atoms with E-state index < -0.39 is 23.8 Å². The summed E-state index contributed by atoms with van der Waals surface area (Å²) in [6, 6.07) is 0.166. The molecule has 0 bridgehead atoms. The summed E-state index contributed by atoms with van der Waals surface area (Å²) >= 11 is 0. The fourth-order valence-electron chi connectivity index (χ4n) is 2.42. The number of hydrogen-bond donors (Lipinski definition) is 2. The largest absolute Gasteiger partial charge is 0.357 e. The van der Waals surface area contributed by atoms with E-state index in [1.54, 1.807) is 0 Å². The fourth-order valence-corrected chi connectivity index (χ4v) is 3.77. The number of hydrogen-bond acceptors (Lipinski definition) is 2. The van der Waals surface area contributed by atoms with Crippen LogP contribution in [-0.2, 0) is 10.8 Å². The molecule has 118 valence electrons. The molecule has 1 saturated carbocycles. The van der Waals surface area contributed by atoms with Gasteiger partial charge in [0.2, 0.25) is 0 Å². The highest BCUT2D eigenvalue weighted by Crippen LogP contribution is 2.22. The van der Waals surface area contributed by atoms with Crippen molar-refractivity contribution >= 4 is 16.8 Å². The Bertz CT molecular complexity index is 340. The van der Waals surface area contributed by atoms with E-state index in [2.05, 4.69) is 15.6 Å². The minimum absolute atomic E-state index is 0.166. The highest BCUT2D eigenvalue weighted by molar-refractivity contribution is 7.85. The molecule has 0 heterocycles. The zero-order valence-electron chi connectivity index (χ0n) is 12.2. The molecule has 0 aromatic carbocycles. The zero-order valence-corrected chi connectivity index (χ0v) is 13.0. The van der Waals surface area contributed by atoms with Gasteiger partial charge in [-0.05, 0) is 26.2 Å². The second kappa shape index (κ2) is 9.26. The summed E-state index contributed by atoms with van der Waals surface area (Å²) in [5, 5.41) is 6.38. The molecule has 0 saturated heterocycles. The Morgan fingerprint density at radius 3 is 2.75 bits per heavy atom. The lowest BCUT2D eigenvalue weighted by Gasteiger charge is -2.30. The lowest BCUT2D eigenvalue weighted by molar-refractivity contribution is 0.158. The summed E-state index contributed by atoms with van der Waals surface area (Å²) in [4.78, 5) is 3.87. The molecule has 0 radical (unpaired) electrons. The predicted octanol–water partition coefficient (Wildman–Crippen LogP) is 1.89. The van der Waals surface area contributed by atoms with Gasteiger partial charge in [-0.15, -0.1) is 0 Å². The van der Waals surface area contributed by atoms with E-state index in [-0.39, 0.29) is 11.3 Å². The summed E-state index contributed by atoms with van der Waals surface area (Å²) in [5.41, 5.74) is 0. The Morgan fingerprint density at radius 1 is 1.40 bits per heavy atom. The van der Waals surface area contributed by atoms with Gasteiger partial charge >= 0.3 is 0 Å². The first-order valence-electron chi connectivity index (χ1n) is 7.26. The molecule has 3 unspecified atom stereocenters. The normalized spacial score (nSPS) is 25.6. The number of alkyl halides is 2. The Kier molecular flexibility index (Phi) is 8.02. The zero-order chi connectivity index (χ0) is 15.0. The molecule has 1 rings (SSSR count). The van der Waals surface area contributed by atoms with Gasteiger partial charge in [0.25, 0.3) is 6.43 Å². The van der Waals surface area contributed by atoms with E-state index in [9.17, 15) is 13.0 Å². The van der Waals surface area contributed by atoms with Crippen molar-refractivity contribution in [3.05, 3.63) is 0 Å². The Labute approximate surface area is 122 Å². The van der Waals surface area contributed by atoms with Crippen molar-refractivity contribution in [3.8, 4) is 0 Å². The van der Waals surface area contributed by atoms with Crippen LogP contribution in [0.15, 0.2) is 4.99 Å². The van der Waals surface area contributed by atoms with Crippen LogP contribution in [0.2, 0.25) is 0 Å². The smallest absolute Gasteiger partial charge is 0.257 e. The predicted molar refractivity (Wildman–Crippen MR) is 79.8 cm³/mol. The van der Waals surface area contributed by atoms with E-state index in [4.69, 9.17) is 0 Å². The molecule has 1 aliphatic carbocycles. The van der Waals surface area contributed by atoms with Gasteiger partial charge in [0.15, 0.2) is 5.96 Å². The number of guanidine groups is 1. The van der Waals surface area contributed by atoms with Crippen LogP contribution in [0.4, 0.5) is 8.78 Å². The van der Waals surface area contributed by atoms with E-state index in [1.165, 1.54) is 0 Å². The van der Waals surface area contributed by atoms with Crippen molar-refractivity contribution < 1.29 is 13.0 Å². The van der Waals surface area contributed by atoms with Crippen molar-refractivity contribution in [2.24, 2.45) is 4.99 Å². The van der Waals surface area contributed by atoms with Crippen LogP contribution in [0.25, 0.3) is 0 Å². The molecule has 0 aromatic heterocycles. The molecule has 7 heteroatoms. The van der Waals surface area contributed by atoms with Gasteiger partial charge in [-0.25, -0.2) is 13.8 Å². The average molecular weight is 309 g/mol. The van der Waals surface area contributed by atoms with E-state index in [1.807, 2.05) is 13.8 Å².